The summed E-state index contributed by atoms with van der Waals surface area (Å²) in [6.07, 6.45) is 0. The van der Waals surface area contributed by atoms with E-state index in [1.54, 1.807) is 50.2 Å². The fourth-order valence-corrected chi connectivity index (χ4v) is 4.31. The molecule has 0 saturated heterocycles. The van der Waals surface area contributed by atoms with Gasteiger partial charge in [-0.05, 0) is 49.7 Å². The summed E-state index contributed by atoms with van der Waals surface area (Å²) in [6, 6.07) is 9.11. The molecular formula is C24H19ClN2O6. The number of carbonyl (C=O) groups excluding carboxylic acids is 1. The van der Waals surface area contributed by atoms with Gasteiger partial charge in [0.25, 0.3) is 5.91 Å². The molecule has 168 valence electrons. The zero-order chi connectivity index (χ0) is 23.4. The molecule has 1 aliphatic heterocycles. The van der Waals surface area contributed by atoms with Crippen LogP contribution >= 0.6 is 11.6 Å². The number of aryl methyl sites for hydroxylation is 2. The van der Waals surface area contributed by atoms with Gasteiger partial charge in [-0.3, -0.25) is 14.5 Å². The van der Waals surface area contributed by atoms with E-state index in [4.69, 9.17) is 30.0 Å². The summed E-state index contributed by atoms with van der Waals surface area (Å²) in [5, 5.41) is 4.73. The van der Waals surface area contributed by atoms with Crippen molar-refractivity contribution >= 4 is 34.3 Å². The number of carbonyl (C=O) groups is 1. The lowest BCUT2D eigenvalue weighted by atomic mass is 9.97. The third kappa shape index (κ3) is 3.17. The molecule has 2 aromatic heterocycles. The molecule has 5 rings (SSSR count). The summed E-state index contributed by atoms with van der Waals surface area (Å²) in [5.74, 6) is 1.18. The van der Waals surface area contributed by atoms with E-state index in [1.165, 1.54) is 19.1 Å². The second-order valence-corrected chi connectivity index (χ2v) is 8.16. The lowest BCUT2D eigenvalue weighted by Crippen LogP contribution is -2.30. The highest BCUT2D eigenvalue weighted by Gasteiger charge is 2.46. The number of aromatic nitrogens is 1. The Morgan fingerprint density at radius 3 is 2.52 bits per heavy atom. The van der Waals surface area contributed by atoms with Crippen LogP contribution < -0.4 is 19.8 Å². The zero-order valence-electron chi connectivity index (χ0n) is 18.3. The molecule has 2 aromatic carbocycles. The standard InChI is InChI=1S/C24H19ClN2O6/c1-11-7-18-15(10-16(11)25)22(28)20-21(14-9-13(30-3)5-6-17(14)31-4)27(24(29)23(20)32-18)19-8-12(2)33-26-19/h5-10,21H,1-4H3. The van der Waals surface area contributed by atoms with Gasteiger partial charge in [-0.2, -0.15) is 0 Å². The number of nitrogens with zero attached hydrogens (tertiary/aromatic N) is 2. The molecule has 0 spiro atoms. The van der Waals surface area contributed by atoms with Crippen molar-refractivity contribution in [3.05, 3.63) is 79.9 Å². The Balaban J connectivity index is 1.86. The van der Waals surface area contributed by atoms with Crippen LogP contribution in [-0.2, 0) is 0 Å². The number of hydrogen-bond acceptors (Lipinski definition) is 7. The average Bonchev–Trinajstić information content (AvgIpc) is 3.35. The van der Waals surface area contributed by atoms with Crippen LogP contribution in [0.25, 0.3) is 11.0 Å². The van der Waals surface area contributed by atoms with Gasteiger partial charge in [0.2, 0.25) is 5.76 Å². The minimum absolute atomic E-state index is 0.0650. The van der Waals surface area contributed by atoms with Crippen LogP contribution in [0.4, 0.5) is 5.82 Å². The maximum Gasteiger partial charge on any atom is 0.296 e. The Kier molecular flexibility index (Phi) is 4.90. The molecule has 0 fully saturated rings. The number of rotatable bonds is 4. The molecular weight excluding hydrogens is 448 g/mol. The number of fused-ring (bicyclic) bond motifs is 2. The van der Waals surface area contributed by atoms with Gasteiger partial charge in [0.15, 0.2) is 11.2 Å². The second-order valence-electron chi connectivity index (χ2n) is 7.75. The summed E-state index contributed by atoms with van der Waals surface area (Å²) in [5.41, 5.74) is 1.35. The third-order valence-electron chi connectivity index (χ3n) is 5.75. The Morgan fingerprint density at radius 2 is 1.85 bits per heavy atom. The van der Waals surface area contributed by atoms with E-state index in [0.29, 0.717) is 27.8 Å². The third-order valence-corrected chi connectivity index (χ3v) is 6.15. The van der Waals surface area contributed by atoms with Crippen LogP contribution in [-0.4, -0.2) is 25.3 Å². The highest BCUT2D eigenvalue weighted by atomic mass is 35.5. The van der Waals surface area contributed by atoms with Crippen molar-refractivity contribution in [1.82, 2.24) is 5.16 Å². The molecule has 8 nitrogen and oxygen atoms in total. The lowest BCUT2D eigenvalue weighted by molar-refractivity contribution is 0.0969. The normalized spacial score (nSPS) is 15.2. The number of amides is 1. The molecule has 0 bridgehead atoms. The number of halogens is 1. The molecule has 3 heterocycles. The Labute approximate surface area is 193 Å². The minimum atomic E-state index is -0.886. The van der Waals surface area contributed by atoms with E-state index >= 15 is 0 Å². The topological polar surface area (TPSA) is 95.0 Å². The molecule has 1 unspecified atom stereocenters. The van der Waals surface area contributed by atoms with Crippen LogP contribution in [0.15, 0.2) is 50.1 Å². The first-order chi connectivity index (χ1) is 15.8. The van der Waals surface area contributed by atoms with Gasteiger partial charge in [0.05, 0.1) is 25.2 Å². The van der Waals surface area contributed by atoms with E-state index in [9.17, 15) is 9.59 Å². The van der Waals surface area contributed by atoms with Crippen molar-refractivity contribution in [3.63, 3.8) is 0 Å². The van der Waals surface area contributed by atoms with Crippen LogP contribution in [0.1, 0.15) is 39.0 Å². The van der Waals surface area contributed by atoms with Crippen LogP contribution in [0, 0.1) is 13.8 Å². The van der Waals surface area contributed by atoms with E-state index in [1.807, 2.05) is 0 Å². The molecule has 0 aliphatic carbocycles. The van der Waals surface area contributed by atoms with Gasteiger partial charge in [-0.1, -0.05) is 16.8 Å². The molecule has 0 radical (unpaired) electrons. The molecule has 0 saturated carbocycles. The van der Waals surface area contributed by atoms with Crippen LogP contribution in [0.5, 0.6) is 11.5 Å². The summed E-state index contributed by atoms with van der Waals surface area (Å²) >= 11 is 6.29. The summed E-state index contributed by atoms with van der Waals surface area (Å²) < 4.78 is 22.2. The monoisotopic (exact) mass is 466 g/mol. The van der Waals surface area contributed by atoms with Gasteiger partial charge in [-0.15, -0.1) is 0 Å². The largest absolute Gasteiger partial charge is 0.497 e. The molecule has 1 aliphatic rings. The Hall–Kier alpha value is -3.78. The van der Waals surface area contributed by atoms with E-state index in [2.05, 4.69) is 5.16 Å². The average molecular weight is 467 g/mol. The number of benzene rings is 2. The fraction of sp³-hybridized carbons (Fsp3) is 0.208. The summed E-state index contributed by atoms with van der Waals surface area (Å²) in [7, 11) is 3.04. The van der Waals surface area contributed by atoms with E-state index < -0.39 is 11.9 Å². The van der Waals surface area contributed by atoms with Crippen molar-refractivity contribution in [2.75, 3.05) is 19.1 Å². The van der Waals surface area contributed by atoms with Crippen molar-refractivity contribution in [2.45, 2.75) is 19.9 Å². The first-order valence-corrected chi connectivity index (χ1v) is 10.5. The van der Waals surface area contributed by atoms with Gasteiger partial charge < -0.3 is 18.4 Å². The highest BCUT2D eigenvalue weighted by molar-refractivity contribution is 6.32. The Bertz CT molecular complexity index is 1490. The van der Waals surface area contributed by atoms with Gasteiger partial charge in [-0.25, -0.2) is 0 Å². The molecule has 4 aromatic rings. The van der Waals surface area contributed by atoms with Crippen molar-refractivity contribution < 1.29 is 23.2 Å². The highest BCUT2D eigenvalue weighted by Crippen LogP contribution is 2.45. The molecule has 9 heteroatoms. The smallest absolute Gasteiger partial charge is 0.296 e. The maximum atomic E-state index is 13.7. The second kappa shape index (κ2) is 7.67. The summed E-state index contributed by atoms with van der Waals surface area (Å²) in [4.78, 5) is 28.7. The Morgan fingerprint density at radius 1 is 1.06 bits per heavy atom. The molecule has 1 amide bonds. The van der Waals surface area contributed by atoms with Crippen molar-refractivity contribution in [1.29, 1.82) is 0 Å². The van der Waals surface area contributed by atoms with E-state index in [0.717, 1.165) is 5.56 Å². The quantitative estimate of drug-likeness (QED) is 0.425. The summed E-state index contributed by atoms with van der Waals surface area (Å²) in [6.45, 7) is 3.51. The number of anilines is 1. The van der Waals surface area contributed by atoms with Crippen molar-refractivity contribution in [3.8, 4) is 11.5 Å². The van der Waals surface area contributed by atoms with E-state index in [-0.39, 0.29) is 33.5 Å². The van der Waals surface area contributed by atoms with Gasteiger partial charge in [0.1, 0.15) is 28.9 Å². The minimum Gasteiger partial charge on any atom is -0.497 e. The lowest BCUT2D eigenvalue weighted by Gasteiger charge is -2.24. The number of methoxy groups -OCH3 is 2. The zero-order valence-corrected chi connectivity index (χ0v) is 19.0. The molecule has 33 heavy (non-hydrogen) atoms. The van der Waals surface area contributed by atoms with Crippen LogP contribution in [0.3, 0.4) is 0 Å². The van der Waals surface area contributed by atoms with Gasteiger partial charge in [0, 0.05) is 16.7 Å². The van der Waals surface area contributed by atoms with Crippen molar-refractivity contribution in [2.24, 2.45) is 0 Å². The number of hydrogen-bond donors (Lipinski definition) is 0. The van der Waals surface area contributed by atoms with Crippen LogP contribution in [0.2, 0.25) is 5.02 Å². The molecule has 1 atom stereocenters. The fourth-order valence-electron chi connectivity index (χ4n) is 4.14. The predicted octanol–water partition coefficient (Wildman–Crippen LogP) is 4.82. The SMILES string of the molecule is COc1ccc(OC)c(C2c3c(oc4cc(C)c(Cl)cc4c3=O)C(=O)N2c2cc(C)on2)c1. The van der Waals surface area contributed by atoms with Gasteiger partial charge >= 0.3 is 0 Å². The maximum absolute atomic E-state index is 13.7. The predicted molar refractivity (Wildman–Crippen MR) is 122 cm³/mol. The molecule has 0 N–H and O–H groups in total. The first-order valence-electron chi connectivity index (χ1n) is 10.1. The first kappa shape index (κ1) is 21.1. The number of ether oxygens (including phenoxy) is 2.